The molecule has 0 fully saturated rings. The third kappa shape index (κ3) is 3.90. The molecule has 0 unspecified atom stereocenters. The number of carbonyl (C=O) groups excluding carboxylic acids is 1. The molecule has 0 saturated heterocycles. The van der Waals surface area contributed by atoms with E-state index >= 15 is 0 Å². The molecule has 0 aromatic carbocycles. The van der Waals surface area contributed by atoms with Crippen LogP contribution in [-0.2, 0) is 17.9 Å². The molecule has 0 aliphatic carbocycles. The second-order valence-corrected chi connectivity index (χ2v) is 4.25. The van der Waals surface area contributed by atoms with Crippen LogP contribution in [0.15, 0.2) is 12.5 Å². The normalized spacial score (nSPS) is 10.2. The van der Waals surface area contributed by atoms with Crippen LogP contribution in [-0.4, -0.2) is 56.2 Å². The van der Waals surface area contributed by atoms with Crippen LogP contribution in [0, 0.1) is 0 Å². The minimum atomic E-state index is -1.04. The Morgan fingerprint density at radius 3 is 2.48 bits per heavy atom. The van der Waals surface area contributed by atoms with Gasteiger partial charge in [-0.25, -0.2) is 14.6 Å². The molecule has 11 nitrogen and oxygen atoms in total. The number of nitrogens with one attached hydrogen (secondary N) is 1. The number of ether oxygens (including phenoxy) is 2. The van der Waals surface area contributed by atoms with Gasteiger partial charge in [-0.2, -0.15) is 0 Å². The third-order valence-electron chi connectivity index (χ3n) is 2.70. The molecule has 122 valence electrons. The Morgan fingerprint density at radius 1 is 1.26 bits per heavy atom. The summed E-state index contributed by atoms with van der Waals surface area (Å²) >= 11 is 0. The number of methoxy groups -OCH3 is 2. The van der Waals surface area contributed by atoms with Gasteiger partial charge >= 0.3 is 5.97 Å². The van der Waals surface area contributed by atoms with Gasteiger partial charge in [0.15, 0.2) is 5.56 Å². The molecule has 2 heterocycles. The van der Waals surface area contributed by atoms with E-state index in [0.29, 0.717) is 5.69 Å². The van der Waals surface area contributed by atoms with Crippen molar-refractivity contribution in [3.63, 3.8) is 0 Å². The quantitative estimate of drug-likeness (QED) is 0.663. The van der Waals surface area contributed by atoms with E-state index in [1.807, 2.05) is 0 Å². The number of amides is 1. The van der Waals surface area contributed by atoms with E-state index in [9.17, 15) is 9.59 Å². The average Bonchev–Trinajstić information content (AvgIpc) is 2.98. The van der Waals surface area contributed by atoms with Gasteiger partial charge < -0.3 is 19.9 Å². The van der Waals surface area contributed by atoms with E-state index in [-0.39, 0.29) is 30.4 Å². The molecule has 0 bridgehead atoms. The Bertz CT molecular complexity index is 693. The van der Waals surface area contributed by atoms with Gasteiger partial charge in [-0.15, -0.1) is 5.10 Å². The maximum absolute atomic E-state index is 12.3. The Balaban J connectivity index is 2.08. The van der Waals surface area contributed by atoms with Gasteiger partial charge in [-0.3, -0.25) is 9.59 Å². The molecule has 0 atom stereocenters. The van der Waals surface area contributed by atoms with Gasteiger partial charge in [0, 0.05) is 0 Å². The lowest BCUT2D eigenvalue weighted by Gasteiger charge is -2.10. The zero-order valence-corrected chi connectivity index (χ0v) is 12.4. The summed E-state index contributed by atoms with van der Waals surface area (Å²) in [5.74, 6) is -1.42. The summed E-state index contributed by atoms with van der Waals surface area (Å²) in [6.45, 7) is -0.269. The van der Waals surface area contributed by atoms with Gasteiger partial charge in [0.1, 0.15) is 18.6 Å². The SMILES string of the molecule is COc1ncnc(OC)c1C(=O)NCc1cn(CC(=O)O)nn1. The van der Waals surface area contributed by atoms with Crippen LogP contribution < -0.4 is 14.8 Å². The highest BCUT2D eigenvalue weighted by Crippen LogP contribution is 2.22. The van der Waals surface area contributed by atoms with Crippen molar-refractivity contribution >= 4 is 11.9 Å². The first-order chi connectivity index (χ1) is 11.0. The molecule has 0 aliphatic heterocycles. The summed E-state index contributed by atoms with van der Waals surface area (Å²) < 4.78 is 11.2. The molecule has 2 N–H and O–H groups in total. The molecule has 2 aromatic rings. The molecule has 0 spiro atoms. The number of carboxylic acid groups (broad SMARTS) is 1. The van der Waals surface area contributed by atoms with Crippen LogP contribution in [0.5, 0.6) is 11.8 Å². The van der Waals surface area contributed by atoms with Crippen molar-refractivity contribution in [2.24, 2.45) is 0 Å². The van der Waals surface area contributed by atoms with Crippen molar-refractivity contribution < 1.29 is 24.2 Å². The fourth-order valence-corrected chi connectivity index (χ4v) is 1.75. The van der Waals surface area contributed by atoms with E-state index in [1.165, 1.54) is 26.7 Å². The lowest BCUT2D eigenvalue weighted by Crippen LogP contribution is -2.25. The van der Waals surface area contributed by atoms with Gasteiger partial charge in [-0.05, 0) is 0 Å². The minimum Gasteiger partial charge on any atom is -0.480 e. The smallest absolute Gasteiger partial charge is 0.325 e. The predicted molar refractivity (Wildman–Crippen MR) is 74.0 cm³/mol. The number of hydrogen-bond donors (Lipinski definition) is 2. The molecular weight excluding hydrogens is 308 g/mol. The van der Waals surface area contributed by atoms with Crippen LogP contribution in [0.4, 0.5) is 0 Å². The van der Waals surface area contributed by atoms with Crippen LogP contribution >= 0.6 is 0 Å². The summed E-state index contributed by atoms with van der Waals surface area (Å²) in [6.07, 6.45) is 2.64. The van der Waals surface area contributed by atoms with Gasteiger partial charge in [0.25, 0.3) is 5.91 Å². The Labute approximate surface area is 130 Å². The number of nitrogens with zero attached hydrogens (tertiary/aromatic N) is 5. The van der Waals surface area contributed by atoms with Crippen molar-refractivity contribution in [3.8, 4) is 11.8 Å². The summed E-state index contributed by atoms with van der Waals surface area (Å²) in [5.41, 5.74) is 0.449. The first-order valence-electron chi connectivity index (χ1n) is 6.37. The number of hydrogen-bond acceptors (Lipinski definition) is 8. The Morgan fingerprint density at radius 2 is 1.91 bits per heavy atom. The number of aromatic nitrogens is 5. The second kappa shape index (κ2) is 7.15. The Kier molecular flexibility index (Phi) is 5.02. The van der Waals surface area contributed by atoms with Crippen molar-refractivity contribution in [2.75, 3.05) is 14.2 Å². The van der Waals surface area contributed by atoms with Crippen LogP contribution in [0.2, 0.25) is 0 Å². The molecule has 0 radical (unpaired) electrons. The third-order valence-corrected chi connectivity index (χ3v) is 2.70. The highest BCUT2D eigenvalue weighted by atomic mass is 16.5. The molecule has 1 amide bonds. The highest BCUT2D eigenvalue weighted by molar-refractivity contribution is 5.98. The molecule has 23 heavy (non-hydrogen) atoms. The van der Waals surface area contributed by atoms with Crippen molar-refractivity contribution in [1.82, 2.24) is 30.3 Å². The van der Waals surface area contributed by atoms with Crippen molar-refractivity contribution in [2.45, 2.75) is 13.1 Å². The lowest BCUT2D eigenvalue weighted by atomic mass is 10.3. The molecule has 11 heteroatoms. The number of carboxylic acids is 1. The van der Waals surface area contributed by atoms with E-state index in [1.54, 1.807) is 0 Å². The van der Waals surface area contributed by atoms with E-state index in [0.717, 1.165) is 4.68 Å². The molecule has 0 saturated carbocycles. The molecule has 2 aromatic heterocycles. The Hall–Kier alpha value is -3.24. The molecular formula is C12H14N6O5. The highest BCUT2D eigenvalue weighted by Gasteiger charge is 2.21. The minimum absolute atomic E-state index is 0.0413. The summed E-state index contributed by atoms with van der Waals surface area (Å²) in [5, 5.41) is 18.6. The van der Waals surface area contributed by atoms with Crippen LogP contribution in [0.3, 0.4) is 0 Å². The number of rotatable bonds is 7. The van der Waals surface area contributed by atoms with Gasteiger partial charge in [-0.1, -0.05) is 5.21 Å². The fourth-order valence-electron chi connectivity index (χ4n) is 1.75. The summed E-state index contributed by atoms with van der Waals surface area (Å²) in [6, 6.07) is 0. The zero-order chi connectivity index (χ0) is 16.8. The van der Waals surface area contributed by atoms with Crippen LogP contribution in [0.25, 0.3) is 0 Å². The monoisotopic (exact) mass is 322 g/mol. The van der Waals surface area contributed by atoms with Crippen molar-refractivity contribution in [3.05, 3.63) is 23.8 Å². The maximum Gasteiger partial charge on any atom is 0.325 e. The van der Waals surface area contributed by atoms with E-state index in [4.69, 9.17) is 14.6 Å². The predicted octanol–water partition coefficient (Wildman–Crippen LogP) is -0.900. The second-order valence-electron chi connectivity index (χ2n) is 4.25. The first-order valence-corrected chi connectivity index (χ1v) is 6.37. The maximum atomic E-state index is 12.3. The summed E-state index contributed by atoms with van der Waals surface area (Å²) in [7, 11) is 2.74. The molecule has 0 aliphatic rings. The van der Waals surface area contributed by atoms with E-state index < -0.39 is 11.9 Å². The van der Waals surface area contributed by atoms with Gasteiger partial charge in [0.05, 0.1) is 27.0 Å². The fraction of sp³-hybridized carbons (Fsp3) is 0.333. The first kappa shape index (κ1) is 16.1. The molecule has 2 rings (SSSR count). The lowest BCUT2D eigenvalue weighted by molar-refractivity contribution is -0.137. The van der Waals surface area contributed by atoms with E-state index in [2.05, 4.69) is 25.6 Å². The summed E-state index contributed by atoms with van der Waals surface area (Å²) in [4.78, 5) is 30.5. The number of aliphatic carboxylic acids is 1. The largest absolute Gasteiger partial charge is 0.480 e. The zero-order valence-electron chi connectivity index (χ0n) is 12.4. The van der Waals surface area contributed by atoms with Crippen LogP contribution in [0.1, 0.15) is 16.1 Å². The van der Waals surface area contributed by atoms with Crippen molar-refractivity contribution in [1.29, 1.82) is 0 Å². The van der Waals surface area contributed by atoms with Gasteiger partial charge in [0.2, 0.25) is 11.8 Å². The standard InChI is InChI=1S/C12H14N6O5/c1-22-11-9(12(23-2)15-6-14-11)10(21)13-3-7-4-18(17-16-7)5-8(19)20/h4,6H,3,5H2,1-2H3,(H,13,21)(H,19,20). The topological polar surface area (TPSA) is 141 Å². The average molecular weight is 322 g/mol. The number of carbonyl (C=O) groups is 2.